The Morgan fingerprint density at radius 3 is 2.50 bits per heavy atom. The summed E-state index contributed by atoms with van der Waals surface area (Å²) in [6.45, 7) is 6.45. The van der Waals surface area contributed by atoms with Crippen LogP contribution >= 0.6 is 0 Å². The van der Waals surface area contributed by atoms with E-state index in [4.69, 9.17) is 5.11 Å². The Labute approximate surface area is 108 Å². The van der Waals surface area contributed by atoms with Crippen LogP contribution in [0.3, 0.4) is 0 Å². The fraction of sp³-hybridized carbons (Fsp3) is 0.571. The number of aliphatic hydroxyl groups excluding tert-OH is 2. The van der Waals surface area contributed by atoms with Gasteiger partial charge in [0.2, 0.25) is 0 Å². The molecule has 0 heterocycles. The van der Waals surface area contributed by atoms with E-state index in [0.717, 1.165) is 5.56 Å². The number of aromatic hydroxyl groups is 1. The molecule has 0 saturated heterocycles. The first-order valence-corrected chi connectivity index (χ1v) is 6.16. The molecule has 1 rings (SSSR count). The molecule has 0 saturated carbocycles. The van der Waals surface area contributed by atoms with Crippen LogP contribution in [0.5, 0.6) is 5.75 Å². The zero-order chi connectivity index (χ0) is 13.8. The lowest BCUT2D eigenvalue weighted by Gasteiger charge is -2.23. The summed E-state index contributed by atoms with van der Waals surface area (Å²) in [5, 5.41) is 31.6. The maximum absolute atomic E-state index is 9.91. The van der Waals surface area contributed by atoms with Gasteiger partial charge in [-0.15, -0.1) is 0 Å². The van der Waals surface area contributed by atoms with E-state index >= 15 is 0 Å². The van der Waals surface area contributed by atoms with Gasteiger partial charge in [0.05, 0.1) is 12.7 Å². The van der Waals surface area contributed by atoms with Crippen molar-refractivity contribution in [1.82, 2.24) is 5.32 Å². The van der Waals surface area contributed by atoms with Gasteiger partial charge in [-0.05, 0) is 44.9 Å². The highest BCUT2D eigenvalue weighted by molar-refractivity contribution is 5.35. The van der Waals surface area contributed by atoms with Crippen molar-refractivity contribution < 1.29 is 15.3 Å². The highest BCUT2D eigenvalue weighted by atomic mass is 16.3. The van der Waals surface area contributed by atoms with E-state index in [-0.39, 0.29) is 17.9 Å². The smallest absolute Gasteiger partial charge is 0.121 e. The summed E-state index contributed by atoms with van der Waals surface area (Å²) in [5.41, 5.74) is 1.37. The summed E-state index contributed by atoms with van der Waals surface area (Å²) in [7, 11) is 0. The SMILES string of the molecule is CC(C)(C)NCC(O)Cc1ccc(O)c(CO)c1. The number of rotatable bonds is 5. The van der Waals surface area contributed by atoms with Crippen LogP contribution < -0.4 is 5.32 Å². The number of β-amino-alcohol motifs (C(OH)–C–C–N with tert-alkyl or cyclic N) is 1. The molecule has 0 aliphatic heterocycles. The third-order valence-corrected chi connectivity index (χ3v) is 2.65. The first-order valence-electron chi connectivity index (χ1n) is 6.16. The van der Waals surface area contributed by atoms with Gasteiger partial charge in [0, 0.05) is 17.6 Å². The van der Waals surface area contributed by atoms with Crippen LogP contribution in [0.15, 0.2) is 18.2 Å². The molecule has 0 aliphatic rings. The Morgan fingerprint density at radius 1 is 1.28 bits per heavy atom. The van der Waals surface area contributed by atoms with E-state index in [1.807, 2.05) is 20.8 Å². The van der Waals surface area contributed by atoms with Gasteiger partial charge < -0.3 is 20.6 Å². The fourth-order valence-corrected chi connectivity index (χ4v) is 1.66. The second-order valence-electron chi connectivity index (χ2n) is 5.61. The van der Waals surface area contributed by atoms with Crippen molar-refractivity contribution in [3.05, 3.63) is 29.3 Å². The maximum atomic E-state index is 9.91. The molecule has 102 valence electrons. The van der Waals surface area contributed by atoms with Crippen LogP contribution in [0.2, 0.25) is 0 Å². The first-order chi connectivity index (χ1) is 8.31. The van der Waals surface area contributed by atoms with Crippen LogP contribution in [0.1, 0.15) is 31.9 Å². The predicted octanol–water partition coefficient (Wildman–Crippen LogP) is 1.18. The first kappa shape index (κ1) is 15.0. The number of aliphatic hydroxyl groups is 2. The largest absolute Gasteiger partial charge is 0.508 e. The Morgan fingerprint density at radius 2 is 1.94 bits per heavy atom. The van der Waals surface area contributed by atoms with Crippen LogP contribution in [-0.2, 0) is 13.0 Å². The van der Waals surface area contributed by atoms with Crippen molar-refractivity contribution in [3.63, 3.8) is 0 Å². The lowest BCUT2D eigenvalue weighted by Crippen LogP contribution is -2.41. The molecule has 0 fully saturated rings. The van der Waals surface area contributed by atoms with E-state index in [1.165, 1.54) is 0 Å². The number of phenols is 1. The third kappa shape index (κ3) is 5.04. The molecule has 1 aromatic carbocycles. The summed E-state index contributed by atoms with van der Waals surface area (Å²) < 4.78 is 0. The van der Waals surface area contributed by atoms with Gasteiger partial charge in [0.1, 0.15) is 5.75 Å². The van der Waals surface area contributed by atoms with Gasteiger partial charge in [-0.25, -0.2) is 0 Å². The van der Waals surface area contributed by atoms with E-state index < -0.39 is 6.10 Å². The summed E-state index contributed by atoms with van der Waals surface area (Å²) in [5.74, 6) is 0.0866. The van der Waals surface area contributed by atoms with Crippen LogP contribution in [0.25, 0.3) is 0 Å². The minimum absolute atomic E-state index is 0.0216. The van der Waals surface area contributed by atoms with E-state index in [0.29, 0.717) is 18.5 Å². The van der Waals surface area contributed by atoms with Crippen molar-refractivity contribution in [2.75, 3.05) is 6.54 Å². The highest BCUT2D eigenvalue weighted by Gasteiger charge is 2.13. The van der Waals surface area contributed by atoms with Crippen molar-refractivity contribution in [3.8, 4) is 5.75 Å². The quantitative estimate of drug-likeness (QED) is 0.636. The van der Waals surface area contributed by atoms with Gasteiger partial charge in [-0.2, -0.15) is 0 Å². The Balaban J connectivity index is 2.56. The average Bonchev–Trinajstić information content (AvgIpc) is 2.28. The monoisotopic (exact) mass is 253 g/mol. The topological polar surface area (TPSA) is 72.7 Å². The van der Waals surface area contributed by atoms with Crippen molar-refractivity contribution in [2.24, 2.45) is 0 Å². The fourth-order valence-electron chi connectivity index (χ4n) is 1.66. The molecule has 1 atom stereocenters. The Bertz CT molecular complexity index is 385. The lowest BCUT2D eigenvalue weighted by atomic mass is 10.0. The summed E-state index contributed by atoms with van der Waals surface area (Å²) in [6.07, 6.45) is 0.0106. The van der Waals surface area contributed by atoms with Gasteiger partial charge in [-0.1, -0.05) is 6.07 Å². The molecule has 18 heavy (non-hydrogen) atoms. The molecule has 4 heteroatoms. The zero-order valence-corrected chi connectivity index (χ0v) is 11.3. The standard InChI is InChI=1S/C14H23NO3/c1-14(2,3)15-8-12(17)7-10-4-5-13(18)11(6-10)9-16/h4-6,12,15-18H,7-9H2,1-3H3. The minimum Gasteiger partial charge on any atom is -0.508 e. The van der Waals surface area contributed by atoms with Gasteiger partial charge >= 0.3 is 0 Å². The molecule has 0 bridgehead atoms. The molecule has 0 spiro atoms. The summed E-state index contributed by atoms with van der Waals surface area (Å²) in [4.78, 5) is 0. The van der Waals surface area contributed by atoms with E-state index in [1.54, 1.807) is 18.2 Å². The van der Waals surface area contributed by atoms with Crippen LogP contribution in [0, 0.1) is 0 Å². The van der Waals surface area contributed by atoms with Crippen molar-refractivity contribution >= 4 is 0 Å². The maximum Gasteiger partial charge on any atom is 0.121 e. The average molecular weight is 253 g/mol. The lowest BCUT2D eigenvalue weighted by molar-refractivity contribution is 0.161. The van der Waals surface area contributed by atoms with Crippen LogP contribution in [0.4, 0.5) is 0 Å². The third-order valence-electron chi connectivity index (χ3n) is 2.65. The summed E-state index contributed by atoms with van der Waals surface area (Å²) >= 11 is 0. The van der Waals surface area contributed by atoms with Gasteiger partial charge in [0.25, 0.3) is 0 Å². The Kier molecular flexibility index (Phi) is 5.14. The minimum atomic E-state index is -0.486. The highest BCUT2D eigenvalue weighted by Crippen LogP contribution is 2.19. The molecule has 0 aromatic heterocycles. The van der Waals surface area contributed by atoms with Crippen LogP contribution in [-0.4, -0.2) is 33.5 Å². The molecule has 1 unspecified atom stereocenters. The number of hydrogen-bond acceptors (Lipinski definition) is 4. The van der Waals surface area contributed by atoms with E-state index in [9.17, 15) is 10.2 Å². The molecule has 4 N–H and O–H groups in total. The number of benzene rings is 1. The van der Waals surface area contributed by atoms with Crippen molar-refractivity contribution in [1.29, 1.82) is 0 Å². The molecular formula is C14H23NO3. The van der Waals surface area contributed by atoms with E-state index in [2.05, 4.69) is 5.32 Å². The normalized spacial score (nSPS) is 13.6. The van der Waals surface area contributed by atoms with Crippen molar-refractivity contribution in [2.45, 2.75) is 45.4 Å². The molecular weight excluding hydrogens is 230 g/mol. The van der Waals surface area contributed by atoms with Gasteiger partial charge in [-0.3, -0.25) is 0 Å². The molecule has 0 radical (unpaired) electrons. The number of nitrogens with one attached hydrogen (secondary N) is 1. The molecule has 0 amide bonds. The second-order valence-corrected chi connectivity index (χ2v) is 5.61. The molecule has 4 nitrogen and oxygen atoms in total. The Hall–Kier alpha value is -1.10. The zero-order valence-electron chi connectivity index (χ0n) is 11.3. The summed E-state index contributed by atoms with van der Waals surface area (Å²) in [6, 6.07) is 5.02. The second kappa shape index (κ2) is 6.18. The van der Waals surface area contributed by atoms with Gasteiger partial charge in [0.15, 0.2) is 0 Å². The molecule has 0 aliphatic carbocycles. The number of hydrogen-bond donors (Lipinski definition) is 4. The molecule has 1 aromatic rings. The predicted molar refractivity (Wildman–Crippen MR) is 71.5 cm³/mol.